The monoisotopic (exact) mass is 381 g/mol. The third kappa shape index (κ3) is 3.94. The van der Waals surface area contributed by atoms with E-state index in [1.54, 1.807) is 7.11 Å². The molecule has 0 N–H and O–H groups in total. The highest BCUT2D eigenvalue weighted by molar-refractivity contribution is 5.77. The molecule has 0 bridgehead atoms. The van der Waals surface area contributed by atoms with E-state index >= 15 is 0 Å². The number of hydrogen-bond donors (Lipinski definition) is 0. The van der Waals surface area contributed by atoms with Gasteiger partial charge >= 0.3 is 0 Å². The Morgan fingerprint density at radius 1 is 1.21 bits per heavy atom. The Kier molecular flexibility index (Phi) is 5.71. The number of carbonyl (C=O) groups excluding carboxylic acids is 1. The quantitative estimate of drug-likeness (QED) is 0.631. The maximum atomic E-state index is 12.8. The van der Waals surface area contributed by atoms with Crippen molar-refractivity contribution in [2.45, 2.75) is 38.3 Å². The number of fused-ring (bicyclic) bond motifs is 1. The number of piperidine rings is 1. The molecule has 3 heterocycles. The molecule has 0 saturated carbocycles. The van der Waals surface area contributed by atoms with Gasteiger partial charge in [-0.3, -0.25) is 4.79 Å². The summed E-state index contributed by atoms with van der Waals surface area (Å²) in [6.07, 6.45) is 8.24. The van der Waals surface area contributed by atoms with Crippen molar-refractivity contribution in [1.29, 1.82) is 0 Å². The van der Waals surface area contributed by atoms with Crippen LogP contribution in [0.1, 0.15) is 31.0 Å². The molecule has 0 aliphatic carbocycles. The largest absolute Gasteiger partial charge is 0.383 e. The molecule has 3 aromatic rings. The van der Waals surface area contributed by atoms with Gasteiger partial charge in [0.15, 0.2) is 0 Å². The second-order valence-electron chi connectivity index (χ2n) is 7.33. The van der Waals surface area contributed by atoms with Crippen molar-refractivity contribution in [2.24, 2.45) is 0 Å². The Bertz CT molecular complexity index is 932. The molecule has 2 aromatic heterocycles. The molecule has 1 fully saturated rings. The smallest absolute Gasteiger partial charge is 0.224 e. The topological polar surface area (TPSA) is 65.2 Å². The predicted octanol–water partition coefficient (Wildman–Crippen LogP) is 2.68. The number of aryl methyl sites for hydroxylation is 1. The Balaban J connectivity index is 1.38. The normalized spacial score (nSPS) is 17.3. The number of nitrogens with zero attached hydrogens (tertiary/aromatic N) is 5. The van der Waals surface area contributed by atoms with Crippen LogP contribution in [-0.4, -0.2) is 56.7 Å². The van der Waals surface area contributed by atoms with Crippen molar-refractivity contribution < 1.29 is 9.53 Å². The number of likely N-dealkylation sites (tertiary alicyclic amines) is 1. The van der Waals surface area contributed by atoms with Crippen LogP contribution in [0.3, 0.4) is 0 Å². The summed E-state index contributed by atoms with van der Waals surface area (Å²) in [4.78, 5) is 23.8. The molecule has 1 aromatic carbocycles. The molecule has 4 rings (SSSR count). The van der Waals surface area contributed by atoms with E-state index in [0.29, 0.717) is 25.5 Å². The summed E-state index contributed by atoms with van der Waals surface area (Å²) < 4.78 is 9.41. The van der Waals surface area contributed by atoms with Gasteiger partial charge in [-0.1, -0.05) is 12.1 Å². The molecule has 1 amide bonds. The Morgan fingerprint density at radius 2 is 2.11 bits per heavy atom. The molecule has 1 unspecified atom stereocenters. The fraction of sp³-hybridized carbons (Fsp3) is 0.476. The van der Waals surface area contributed by atoms with E-state index < -0.39 is 0 Å². The first-order valence-corrected chi connectivity index (χ1v) is 9.94. The molecule has 7 nitrogen and oxygen atoms in total. The Morgan fingerprint density at radius 3 is 3.00 bits per heavy atom. The molecular weight excluding hydrogens is 354 g/mol. The van der Waals surface area contributed by atoms with Gasteiger partial charge in [-0.15, -0.1) is 0 Å². The fourth-order valence-electron chi connectivity index (χ4n) is 4.04. The lowest BCUT2D eigenvalue weighted by Gasteiger charge is -2.33. The van der Waals surface area contributed by atoms with E-state index in [0.717, 1.165) is 49.3 Å². The van der Waals surface area contributed by atoms with Gasteiger partial charge < -0.3 is 18.8 Å². The number of methoxy groups -OCH3 is 1. The van der Waals surface area contributed by atoms with E-state index in [9.17, 15) is 4.79 Å². The van der Waals surface area contributed by atoms with Crippen LogP contribution >= 0.6 is 0 Å². The first-order valence-electron chi connectivity index (χ1n) is 9.94. The van der Waals surface area contributed by atoms with Crippen molar-refractivity contribution in [3.05, 3.63) is 48.8 Å². The minimum Gasteiger partial charge on any atom is -0.383 e. The zero-order valence-corrected chi connectivity index (χ0v) is 16.3. The summed E-state index contributed by atoms with van der Waals surface area (Å²) in [7, 11) is 1.71. The lowest BCUT2D eigenvalue weighted by Crippen LogP contribution is -2.40. The van der Waals surface area contributed by atoms with E-state index in [1.807, 2.05) is 47.9 Å². The minimum atomic E-state index is 0.206. The number of hydrogen-bond acceptors (Lipinski definition) is 4. The molecule has 0 spiro atoms. The third-order valence-electron chi connectivity index (χ3n) is 5.52. The maximum absolute atomic E-state index is 12.8. The summed E-state index contributed by atoms with van der Waals surface area (Å²) in [5, 5.41) is 0. The first-order chi connectivity index (χ1) is 13.8. The van der Waals surface area contributed by atoms with Gasteiger partial charge in [0.05, 0.1) is 24.0 Å². The summed E-state index contributed by atoms with van der Waals surface area (Å²) in [5.74, 6) is 1.56. The number of imidazole rings is 2. The molecule has 1 aliphatic heterocycles. The number of benzene rings is 1. The van der Waals surface area contributed by atoms with Gasteiger partial charge in [0.2, 0.25) is 5.91 Å². The average Bonchev–Trinajstić information content (AvgIpc) is 3.37. The SMILES string of the molecule is COCCn1ccnc1C1CCCN(C(=O)CCn2cnc3ccccc32)C1. The van der Waals surface area contributed by atoms with Gasteiger partial charge in [-0.25, -0.2) is 9.97 Å². The zero-order valence-electron chi connectivity index (χ0n) is 16.3. The van der Waals surface area contributed by atoms with Gasteiger partial charge in [0, 0.05) is 58.0 Å². The fourth-order valence-corrected chi connectivity index (χ4v) is 4.04. The van der Waals surface area contributed by atoms with Crippen LogP contribution in [0.25, 0.3) is 11.0 Å². The summed E-state index contributed by atoms with van der Waals surface area (Å²) in [6.45, 7) is 3.69. The zero-order chi connectivity index (χ0) is 19.3. The average molecular weight is 381 g/mol. The van der Waals surface area contributed by atoms with E-state index in [4.69, 9.17) is 4.74 Å². The van der Waals surface area contributed by atoms with Gasteiger partial charge in [-0.2, -0.15) is 0 Å². The number of carbonyl (C=O) groups is 1. The highest BCUT2D eigenvalue weighted by Crippen LogP contribution is 2.26. The molecular formula is C21H27N5O2. The highest BCUT2D eigenvalue weighted by atomic mass is 16.5. The minimum absolute atomic E-state index is 0.206. The summed E-state index contributed by atoms with van der Waals surface area (Å²) >= 11 is 0. The number of aromatic nitrogens is 4. The molecule has 148 valence electrons. The van der Waals surface area contributed by atoms with Crippen molar-refractivity contribution in [3.8, 4) is 0 Å². The van der Waals surface area contributed by atoms with Crippen LogP contribution in [0.2, 0.25) is 0 Å². The maximum Gasteiger partial charge on any atom is 0.224 e. The number of ether oxygens (including phenoxy) is 1. The van der Waals surface area contributed by atoms with Crippen LogP contribution in [0.15, 0.2) is 43.0 Å². The molecule has 1 saturated heterocycles. The third-order valence-corrected chi connectivity index (χ3v) is 5.52. The summed E-state index contributed by atoms with van der Waals surface area (Å²) in [5.41, 5.74) is 2.04. The molecule has 1 aliphatic rings. The Hall–Kier alpha value is -2.67. The molecule has 28 heavy (non-hydrogen) atoms. The van der Waals surface area contributed by atoms with Gasteiger partial charge in [-0.05, 0) is 25.0 Å². The molecule has 7 heteroatoms. The lowest BCUT2D eigenvalue weighted by atomic mass is 9.97. The predicted molar refractivity (Wildman–Crippen MR) is 107 cm³/mol. The second kappa shape index (κ2) is 8.56. The standard InChI is InChI=1S/C21H27N5O2/c1-28-14-13-24-12-9-22-21(24)17-5-4-10-25(15-17)20(27)8-11-26-16-23-18-6-2-3-7-19(18)26/h2-3,6-7,9,12,16-17H,4-5,8,10-11,13-15H2,1H3. The molecule has 1 atom stereocenters. The van der Waals surface area contributed by atoms with E-state index in [2.05, 4.69) is 19.1 Å². The second-order valence-corrected chi connectivity index (χ2v) is 7.33. The van der Waals surface area contributed by atoms with Gasteiger partial charge in [0.1, 0.15) is 5.82 Å². The van der Waals surface area contributed by atoms with Crippen LogP contribution in [0, 0.1) is 0 Å². The number of amides is 1. The van der Waals surface area contributed by atoms with Crippen molar-refractivity contribution >= 4 is 16.9 Å². The van der Waals surface area contributed by atoms with Crippen molar-refractivity contribution in [1.82, 2.24) is 24.0 Å². The first kappa shape index (κ1) is 18.7. The van der Waals surface area contributed by atoms with E-state index in [-0.39, 0.29) is 5.91 Å². The van der Waals surface area contributed by atoms with Crippen LogP contribution in [0.4, 0.5) is 0 Å². The van der Waals surface area contributed by atoms with Crippen LogP contribution in [0.5, 0.6) is 0 Å². The van der Waals surface area contributed by atoms with Crippen LogP contribution in [-0.2, 0) is 22.6 Å². The van der Waals surface area contributed by atoms with Crippen molar-refractivity contribution in [2.75, 3.05) is 26.8 Å². The number of rotatable bonds is 7. The van der Waals surface area contributed by atoms with Gasteiger partial charge in [0.25, 0.3) is 0 Å². The number of para-hydroxylation sites is 2. The van der Waals surface area contributed by atoms with Crippen molar-refractivity contribution in [3.63, 3.8) is 0 Å². The Labute approximate surface area is 164 Å². The highest BCUT2D eigenvalue weighted by Gasteiger charge is 2.27. The van der Waals surface area contributed by atoms with E-state index in [1.165, 1.54) is 0 Å². The summed E-state index contributed by atoms with van der Waals surface area (Å²) in [6, 6.07) is 8.02. The van der Waals surface area contributed by atoms with Crippen LogP contribution < -0.4 is 0 Å². The lowest BCUT2D eigenvalue weighted by molar-refractivity contribution is -0.132. The molecule has 0 radical (unpaired) electrons.